The van der Waals surface area contributed by atoms with Crippen LogP contribution in [0.3, 0.4) is 0 Å². The smallest absolute Gasteiger partial charge is 0.306 e. The lowest BCUT2D eigenvalue weighted by molar-refractivity contribution is -0.148. The minimum Gasteiger partial charge on any atom is -0.469 e. The number of hydrogen-bond acceptors (Lipinski definition) is 4. The monoisotopic (exact) mass is 524 g/mol. The maximum Gasteiger partial charge on any atom is 0.306 e. The van der Waals surface area contributed by atoms with E-state index < -0.39 is 0 Å². The number of esters is 1. The molecule has 2 fully saturated rings. The highest BCUT2D eigenvalue weighted by Gasteiger charge is 2.48. The van der Waals surface area contributed by atoms with Crippen molar-refractivity contribution in [2.75, 3.05) is 13.7 Å². The molecular formula is C34H40N2O3. The van der Waals surface area contributed by atoms with E-state index in [1.165, 1.54) is 60.6 Å². The lowest BCUT2D eigenvalue weighted by Gasteiger charge is -2.30. The second-order valence-corrected chi connectivity index (χ2v) is 12.6. The van der Waals surface area contributed by atoms with E-state index in [9.17, 15) is 9.59 Å². The standard InChI is InChI=1S/C34H40N2O3/c1-21(2)27(17-32(37)39-4)33(38)36-15-5-6-31(36)30-16-25(20-35-30)23-8-10-24(11-9-23)26-12-7-22(3)28-18-34(13-14-34)19-29(26)28/h7-12,20-21,27,31H,5-6,13-19H2,1-4H3/t27-,31-/m0/s1. The Balaban J connectivity index is 1.14. The normalized spacial score (nSPS) is 21.7. The van der Waals surface area contributed by atoms with Crippen LogP contribution in [-0.4, -0.2) is 42.2 Å². The molecule has 6 rings (SSSR count). The van der Waals surface area contributed by atoms with Crippen LogP contribution in [0.5, 0.6) is 0 Å². The van der Waals surface area contributed by atoms with Crippen LogP contribution >= 0.6 is 0 Å². The number of carbonyl (C=O) groups excluding carboxylic acids is 2. The fraction of sp³-hybridized carbons (Fsp3) is 0.500. The van der Waals surface area contributed by atoms with Crippen LogP contribution in [0.1, 0.15) is 74.6 Å². The van der Waals surface area contributed by atoms with Gasteiger partial charge in [0.15, 0.2) is 0 Å². The zero-order chi connectivity index (χ0) is 27.3. The molecule has 0 aromatic heterocycles. The Bertz CT molecular complexity index is 1360. The van der Waals surface area contributed by atoms with Crippen molar-refractivity contribution in [1.82, 2.24) is 4.90 Å². The maximum absolute atomic E-state index is 13.5. The highest BCUT2D eigenvalue weighted by Crippen LogP contribution is 2.57. The zero-order valence-electron chi connectivity index (χ0n) is 23.8. The van der Waals surface area contributed by atoms with Crippen molar-refractivity contribution in [3.8, 4) is 11.1 Å². The molecule has 39 heavy (non-hydrogen) atoms. The third-order valence-corrected chi connectivity index (χ3v) is 9.71. The summed E-state index contributed by atoms with van der Waals surface area (Å²) in [5.74, 6) is -0.568. The number of aliphatic imine (C=N–C) groups is 1. The number of nitrogens with zero attached hydrogens (tertiary/aromatic N) is 2. The van der Waals surface area contributed by atoms with E-state index in [-0.39, 0.29) is 36.2 Å². The van der Waals surface area contributed by atoms with Crippen molar-refractivity contribution in [2.24, 2.45) is 22.2 Å². The van der Waals surface area contributed by atoms with Crippen LogP contribution in [0.15, 0.2) is 47.6 Å². The van der Waals surface area contributed by atoms with Gasteiger partial charge in [0.25, 0.3) is 0 Å². The van der Waals surface area contributed by atoms with Gasteiger partial charge >= 0.3 is 5.97 Å². The van der Waals surface area contributed by atoms with Gasteiger partial charge in [0, 0.05) is 24.9 Å². The van der Waals surface area contributed by atoms with Crippen LogP contribution in [-0.2, 0) is 27.2 Å². The highest BCUT2D eigenvalue weighted by atomic mass is 16.5. The first-order valence-electron chi connectivity index (χ1n) is 14.6. The Morgan fingerprint density at radius 3 is 2.46 bits per heavy atom. The number of fused-ring (bicyclic) bond motifs is 1. The second kappa shape index (κ2) is 10.1. The Labute approximate surface area is 232 Å². The molecule has 204 valence electrons. The number of aryl methyl sites for hydroxylation is 1. The Kier molecular flexibility index (Phi) is 6.73. The number of amides is 1. The van der Waals surface area contributed by atoms with Gasteiger partial charge in [0.1, 0.15) is 0 Å². The second-order valence-electron chi connectivity index (χ2n) is 12.6. The summed E-state index contributed by atoms with van der Waals surface area (Å²) in [7, 11) is 1.38. The number of methoxy groups -OCH3 is 1. The molecule has 2 atom stereocenters. The SMILES string of the molecule is COC(=O)C[C@H](C(=O)N1CCC[C@H]1C1=NC=C(c2ccc(-c3ccc(C)c4c3CC3(CC3)C4)cc2)C1)C(C)C. The molecule has 0 unspecified atom stereocenters. The Morgan fingerprint density at radius 2 is 1.77 bits per heavy atom. The van der Waals surface area contributed by atoms with Crippen molar-refractivity contribution in [1.29, 1.82) is 0 Å². The predicted octanol–water partition coefficient (Wildman–Crippen LogP) is 6.55. The third-order valence-electron chi connectivity index (χ3n) is 9.71. The minimum absolute atomic E-state index is 0.00862. The van der Waals surface area contributed by atoms with Gasteiger partial charge < -0.3 is 9.64 Å². The van der Waals surface area contributed by atoms with Crippen molar-refractivity contribution in [3.63, 3.8) is 0 Å². The van der Waals surface area contributed by atoms with Gasteiger partial charge in [-0.25, -0.2) is 0 Å². The van der Waals surface area contributed by atoms with Crippen LogP contribution in [0.2, 0.25) is 0 Å². The van der Waals surface area contributed by atoms with Gasteiger partial charge in [-0.15, -0.1) is 0 Å². The van der Waals surface area contributed by atoms with Crippen molar-refractivity contribution >= 4 is 23.2 Å². The molecular weight excluding hydrogens is 484 g/mol. The molecule has 1 saturated carbocycles. The summed E-state index contributed by atoms with van der Waals surface area (Å²) < 4.78 is 4.87. The van der Waals surface area contributed by atoms with Gasteiger partial charge in [-0.2, -0.15) is 0 Å². The number of likely N-dealkylation sites (tertiary alicyclic amines) is 1. The predicted molar refractivity (Wildman–Crippen MR) is 155 cm³/mol. The number of allylic oxidation sites excluding steroid dienone is 1. The molecule has 2 aromatic carbocycles. The molecule has 0 N–H and O–H groups in total. The van der Waals surface area contributed by atoms with Crippen LogP contribution in [0, 0.1) is 24.2 Å². The Morgan fingerprint density at radius 1 is 1.05 bits per heavy atom. The van der Waals surface area contributed by atoms with Crippen LogP contribution in [0.4, 0.5) is 0 Å². The number of carbonyl (C=O) groups is 2. The molecule has 2 aliphatic carbocycles. The van der Waals surface area contributed by atoms with Gasteiger partial charge in [-0.3, -0.25) is 14.6 Å². The molecule has 1 spiro atoms. The van der Waals surface area contributed by atoms with Crippen molar-refractivity contribution < 1.29 is 14.3 Å². The highest BCUT2D eigenvalue weighted by molar-refractivity contribution is 6.03. The summed E-state index contributed by atoms with van der Waals surface area (Å²) >= 11 is 0. The molecule has 2 aliphatic heterocycles. The number of rotatable bonds is 7. The summed E-state index contributed by atoms with van der Waals surface area (Å²) in [6.07, 6.45) is 10.0. The van der Waals surface area contributed by atoms with Gasteiger partial charge in [0.2, 0.25) is 5.91 Å². The topological polar surface area (TPSA) is 59.0 Å². The van der Waals surface area contributed by atoms with Crippen LogP contribution in [0.25, 0.3) is 16.7 Å². The molecule has 2 heterocycles. The molecule has 0 radical (unpaired) electrons. The largest absolute Gasteiger partial charge is 0.469 e. The molecule has 4 aliphatic rings. The average Bonchev–Trinajstić information content (AvgIpc) is 3.30. The van der Waals surface area contributed by atoms with E-state index in [0.717, 1.165) is 31.5 Å². The first-order chi connectivity index (χ1) is 18.8. The molecule has 2 aromatic rings. The molecule has 5 heteroatoms. The summed E-state index contributed by atoms with van der Waals surface area (Å²) in [5.41, 5.74) is 11.3. The van der Waals surface area contributed by atoms with Crippen molar-refractivity contribution in [2.45, 2.75) is 78.2 Å². The minimum atomic E-state index is -0.363. The lowest BCUT2D eigenvalue weighted by Crippen LogP contribution is -2.45. The molecule has 1 amide bonds. The number of benzene rings is 2. The third kappa shape index (κ3) is 4.85. The summed E-state index contributed by atoms with van der Waals surface area (Å²) in [5, 5.41) is 0. The number of hydrogen-bond donors (Lipinski definition) is 0. The number of ether oxygens (including phenoxy) is 1. The van der Waals surface area contributed by atoms with Crippen molar-refractivity contribution in [3.05, 3.63) is 64.9 Å². The maximum atomic E-state index is 13.5. The fourth-order valence-electron chi connectivity index (χ4n) is 7.02. The molecule has 5 nitrogen and oxygen atoms in total. The van der Waals surface area contributed by atoms with E-state index in [2.05, 4.69) is 43.3 Å². The summed E-state index contributed by atoms with van der Waals surface area (Å²) in [6, 6.07) is 13.6. The Hall–Kier alpha value is -3.21. The molecule has 0 bridgehead atoms. The first kappa shape index (κ1) is 26.0. The van der Waals surface area contributed by atoms with Gasteiger partial charge in [-0.05, 0) is 95.7 Å². The summed E-state index contributed by atoms with van der Waals surface area (Å²) in [6.45, 7) is 6.99. The van der Waals surface area contributed by atoms with E-state index in [0.29, 0.717) is 5.41 Å². The summed E-state index contributed by atoms with van der Waals surface area (Å²) in [4.78, 5) is 32.3. The lowest BCUT2D eigenvalue weighted by atomic mass is 9.90. The van der Waals surface area contributed by atoms with E-state index in [1.807, 2.05) is 24.9 Å². The van der Waals surface area contributed by atoms with E-state index in [1.54, 1.807) is 11.1 Å². The fourth-order valence-corrected chi connectivity index (χ4v) is 7.02. The quantitative estimate of drug-likeness (QED) is 0.386. The zero-order valence-corrected chi connectivity index (χ0v) is 23.8. The van der Waals surface area contributed by atoms with Gasteiger partial charge in [-0.1, -0.05) is 50.2 Å². The van der Waals surface area contributed by atoms with E-state index >= 15 is 0 Å². The van der Waals surface area contributed by atoms with Crippen LogP contribution < -0.4 is 0 Å². The molecule has 1 saturated heterocycles. The average molecular weight is 525 g/mol. The van der Waals surface area contributed by atoms with Gasteiger partial charge in [0.05, 0.1) is 25.5 Å². The van der Waals surface area contributed by atoms with E-state index in [4.69, 9.17) is 9.73 Å². The first-order valence-corrected chi connectivity index (χ1v) is 14.6.